The van der Waals surface area contributed by atoms with Gasteiger partial charge in [-0.05, 0) is 56.0 Å². The summed E-state index contributed by atoms with van der Waals surface area (Å²) in [5, 5.41) is 9.70. The second-order valence-electron chi connectivity index (χ2n) is 11.0. The summed E-state index contributed by atoms with van der Waals surface area (Å²) in [6.07, 6.45) is 10.0. The van der Waals surface area contributed by atoms with Crippen LogP contribution in [-0.2, 0) is 18.3 Å². The largest absolute Gasteiger partial charge is 0.497 e. The number of imidazole rings is 1. The van der Waals surface area contributed by atoms with Crippen LogP contribution in [0.15, 0.2) is 61.4 Å². The molecule has 0 amide bonds. The number of fused-ring (bicyclic) bond motifs is 2. The van der Waals surface area contributed by atoms with E-state index in [1.165, 1.54) is 6.33 Å². The van der Waals surface area contributed by atoms with Gasteiger partial charge in [0.1, 0.15) is 40.5 Å². The van der Waals surface area contributed by atoms with Crippen molar-refractivity contribution in [2.24, 2.45) is 7.05 Å². The predicted octanol–water partition coefficient (Wildman–Crippen LogP) is 6.20. The molecule has 6 aromatic rings. The van der Waals surface area contributed by atoms with E-state index in [1.807, 2.05) is 65.9 Å². The van der Waals surface area contributed by atoms with Crippen LogP contribution in [0, 0.1) is 6.92 Å². The maximum atomic E-state index is 6.77. The first-order valence-electron chi connectivity index (χ1n) is 14.9. The predicted molar refractivity (Wildman–Crippen MR) is 170 cm³/mol. The number of aromatic nitrogens is 7. The van der Waals surface area contributed by atoms with Crippen LogP contribution in [0.2, 0.25) is 0 Å². The summed E-state index contributed by atoms with van der Waals surface area (Å²) in [4.78, 5) is 18.7. The smallest absolute Gasteiger partial charge is 0.233 e. The molecule has 0 saturated carbocycles. The molecule has 0 radical (unpaired) electrons. The van der Waals surface area contributed by atoms with Gasteiger partial charge in [0.15, 0.2) is 6.23 Å². The van der Waals surface area contributed by atoms with E-state index in [9.17, 15) is 0 Å². The third-order valence-electron chi connectivity index (χ3n) is 8.05. The molecule has 4 aromatic heterocycles. The maximum Gasteiger partial charge on any atom is 0.233 e. The van der Waals surface area contributed by atoms with Gasteiger partial charge in [0.05, 0.1) is 48.9 Å². The molecule has 1 aliphatic rings. The molecule has 0 bridgehead atoms. The lowest BCUT2D eigenvalue weighted by atomic mass is 10.1. The quantitative estimate of drug-likeness (QED) is 0.203. The molecular formula is C33H34N8O4. The normalized spacial score (nSPS) is 15.0. The number of methoxy groups -OCH3 is 2. The fourth-order valence-electron chi connectivity index (χ4n) is 5.69. The van der Waals surface area contributed by atoms with Gasteiger partial charge in [-0.3, -0.25) is 0 Å². The van der Waals surface area contributed by atoms with Crippen LogP contribution in [0.4, 0.5) is 5.82 Å². The minimum atomic E-state index is -0.0996. The minimum Gasteiger partial charge on any atom is -0.497 e. The van der Waals surface area contributed by atoms with E-state index < -0.39 is 0 Å². The lowest BCUT2D eigenvalue weighted by Crippen LogP contribution is -2.18. The highest BCUT2D eigenvalue weighted by atomic mass is 16.5. The molecule has 1 unspecified atom stereocenters. The number of ether oxygens (including phenoxy) is 4. The van der Waals surface area contributed by atoms with E-state index in [1.54, 1.807) is 20.5 Å². The summed E-state index contributed by atoms with van der Waals surface area (Å²) in [5.74, 6) is 3.01. The fourth-order valence-corrected chi connectivity index (χ4v) is 5.69. The van der Waals surface area contributed by atoms with Crippen LogP contribution in [-0.4, -0.2) is 55.1 Å². The molecule has 45 heavy (non-hydrogen) atoms. The number of hydrogen-bond donors (Lipinski definition) is 1. The van der Waals surface area contributed by atoms with E-state index in [2.05, 4.69) is 26.3 Å². The van der Waals surface area contributed by atoms with E-state index in [-0.39, 0.29) is 6.23 Å². The Morgan fingerprint density at radius 1 is 1.02 bits per heavy atom. The van der Waals surface area contributed by atoms with Crippen molar-refractivity contribution in [3.8, 4) is 34.5 Å². The summed E-state index contributed by atoms with van der Waals surface area (Å²) in [5.41, 5.74) is 4.82. The van der Waals surface area contributed by atoms with Gasteiger partial charge in [0.2, 0.25) is 5.88 Å². The molecule has 0 aliphatic carbocycles. The van der Waals surface area contributed by atoms with Gasteiger partial charge in [0, 0.05) is 38.0 Å². The summed E-state index contributed by atoms with van der Waals surface area (Å²) in [6.45, 7) is 3.18. The number of pyridine rings is 1. The maximum absolute atomic E-state index is 6.77. The average molecular weight is 607 g/mol. The van der Waals surface area contributed by atoms with Crippen molar-refractivity contribution in [3.05, 3.63) is 72.6 Å². The number of aryl methyl sites for hydroxylation is 2. The van der Waals surface area contributed by atoms with Crippen LogP contribution in [0.5, 0.6) is 23.1 Å². The number of anilines is 1. The highest BCUT2D eigenvalue weighted by Gasteiger charge is 2.23. The molecule has 230 valence electrons. The Balaban J connectivity index is 1.33. The number of nitrogens with zero attached hydrogens (tertiary/aromatic N) is 7. The zero-order valence-electron chi connectivity index (χ0n) is 25.6. The molecule has 1 aliphatic heterocycles. The Kier molecular flexibility index (Phi) is 7.64. The molecule has 1 saturated heterocycles. The molecule has 0 spiro atoms. The van der Waals surface area contributed by atoms with Crippen molar-refractivity contribution >= 4 is 27.6 Å². The van der Waals surface area contributed by atoms with E-state index in [0.29, 0.717) is 57.8 Å². The van der Waals surface area contributed by atoms with Gasteiger partial charge in [-0.25, -0.2) is 24.6 Å². The first kappa shape index (κ1) is 28.5. The van der Waals surface area contributed by atoms with Gasteiger partial charge in [0.25, 0.3) is 0 Å². The topological polar surface area (TPSA) is 123 Å². The molecular weight excluding hydrogens is 572 g/mol. The second-order valence-corrected chi connectivity index (χ2v) is 11.0. The van der Waals surface area contributed by atoms with E-state index in [0.717, 1.165) is 47.9 Å². The van der Waals surface area contributed by atoms with Gasteiger partial charge in [-0.2, -0.15) is 5.10 Å². The SMILES string of the molecule is COc1ccc(CNc2ncnc3cc(-c4cn(C)cn4)nc(Oc4c(C)ccc5c4cnn5C4CCCCO4)c23)c(OC)c1. The summed E-state index contributed by atoms with van der Waals surface area (Å²) >= 11 is 0. The Bertz CT molecular complexity index is 2000. The van der Waals surface area contributed by atoms with Crippen LogP contribution in [0.25, 0.3) is 33.2 Å². The summed E-state index contributed by atoms with van der Waals surface area (Å²) in [6, 6.07) is 11.7. The monoisotopic (exact) mass is 606 g/mol. The first-order chi connectivity index (χ1) is 22.0. The highest BCUT2D eigenvalue weighted by molar-refractivity contribution is 5.96. The number of benzene rings is 2. The third kappa shape index (κ3) is 5.48. The van der Waals surface area contributed by atoms with Crippen molar-refractivity contribution in [2.75, 3.05) is 26.1 Å². The zero-order chi connectivity index (χ0) is 30.9. The lowest BCUT2D eigenvalue weighted by Gasteiger charge is -2.23. The van der Waals surface area contributed by atoms with Crippen molar-refractivity contribution in [3.63, 3.8) is 0 Å². The van der Waals surface area contributed by atoms with Crippen LogP contribution in [0.1, 0.15) is 36.6 Å². The average Bonchev–Trinajstić information content (AvgIpc) is 3.71. The Morgan fingerprint density at radius 3 is 2.71 bits per heavy atom. The number of rotatable bonds is 9. The zero-order valence-corrected chi connectivity index (χ0v) is 25.6. The van der Waals surface area contributed by atoms with Gasteiger partial charge < -0.3 is 28.8 Å². The molecule has 1 atom stereocenters. The first-order valence-corrected chi connectivity index (χ1v) is 14.9. The van der Waals surface area contributed by atoms with Gasteiger partial charge >= 0.3 is 0 Å². The van der Waals surface area contributed by atoms with Gasteiger partial charge in [-0.1, -0.05) is 6.07 Å². The third-order valence-corrected chi connectivity index (χ3v) is 8.05. The van der Waals surface area contributed by atoms with Crippen LogP contribution < -0.4 is 19.5 Å². The molecule has 2 aromatic carbocycles. The molecule has 1 fully saturated rings. The Morgan fingerprint density at radius 2 is 1.93 bits per heavy atom. The van der Waals surface area contributed by atoms with Crippen molar-refractivity contribution in [1.29, 1.82) is 0 Å². The molecule has 12 nitrogen and oxygen atoms in total. The molecule has 1 N–H and O–H groups in total. The Hall–Kier alpha value is -5.23. The van der Waals surface area contributed by atoms with Gasteiger partial charge in [-0.15, -0.1) is 0 Å². The van der Waals surface area contributed by atoms with E-state index in [4.69, 9.17) is 29.0 Å². The highest BCUT2D eigenvalue weighted by Crippen LogP contribution is 2.40. The van der Waals surface area contributed by atoms with Crippen molar-refractivity contribution < 1.29 is 18.9 Å². The standard InChI is InChI=1S/C33H34N8O4/c1-20-8-11-27-23(16-38-41(27)29-7-5-6-12-44-29)31(20)45-33-30-25(14-24(39-33)26-17-40(2)19-37-26)35-18-36-32(30)34-15-21-9-10-22(42-3)13-28(21)43-4/h8-11,13-14,16-19,29H,5-7,12,15H2,1-4H3,(H,34,35,36). The Labute approximate surface area is 260 Å². The second kappa shape index (κ2) is 12.0. The van der Waals surface area contributed by atoms with Crippen molar-refractivity contribution in [1.82, 2.24) is 34.3 Å². The number of nitrogens with one attached hydrogen (secondary N) is 1. The fraction of sp³-hybridized carbons (Fsp3) is 0.303. The minimum absolute atomic E-state index is 0.0996. The van der Waals surface area contributed by atoms with E-state index >= 15 is 0 Å². The van der Waals surface area contributed by atoms with Crippen molar-refractivity contribution in [2.45, 2.75) is 39.0 Å². The summed E-state index contributed by atoms with van der Waals surface area (Å²) in [7, 11) is 5.19. The molecule has 5 heterocycles. The summed E-state index contributed by atoms with van der Waals surface area (Å²) < 4.78 is 27.6. The molecule has 7 rings (SSSR count). The van der Waals surface area contributed by atoms with Crippen LogP contribution >= 0.6 is 0 Å². The lowest BCUT2D eigenvalue weighted by molar-refractivity contribution is -0.0366. The molecule has 12 heteroatoms. The van der Waals surface area contributed by atoms with Crippen LogP contribution in [0.3, 0.4) is 0 Å². The number of hydrogen-bond acceptors (Lipinski definition) is 10.